The quantitative estimate of drug-likeness (QED) is 0.392. The van der Waals surface area contributed by atoms with Gasteiger partial charge < -0.3 is 0 Å². The first-order valence-corrected chi connectivity index (χ1v) is 9.64. The molecule has 0 radical (unpaired) electrons. The maximum absolute atomic E-state index is 12.8. The zero-order valence-electron chi connectivity index (χ0n) is 17.0. The molecule has 0 aromatic carbocycles. The van der Waals surface area contributed by atoms with Gasteiger partial charge in [-0.1, -0.05) is 79.3 Å². The molecule has 2 rings (SSSR count). The SMILES string of the molecule is C=C=C(C(=O)/C=C\C(C)C1C=CC=C(C)C=C1C)C1=C(C)C=CCCC=C1. The highest BCUT2D eigenvalue weighted by Crippen LogP contribution is 2.27. The summed E-state index contributed by atoms with van der Waals surface area (Å²) in [5, 5.41) is 0. The Hall–Kier alpha value is -2.63. The molecule has 0 fully saturated rings. The van der Waals surface area contributed by atoms with Crippen LogP contribution in [0.2, 0.25) is 0 Å². The third-order valence-electron chi connectivity index (χ3n) is 5.05. The molecule has 1 nitrogen and oxygen atoms in total. The van der Waals surface area contributed by atoms with Crippen LogP contribution in [-0.2, 0) is 4.79 Å². The Morgan fingerprint density at radius 2 is 1.93 bits per heavy atom. The first-order chi connectivity index (χ1) is 12.9. The van der Waals surface area contributed by atoms with Gasteiger partial charge in [-0.15, -0.1) is 5.73 Å². The van der Waals surface area contributed by atoms with Crippen LogP contribution in [0.15, 0.2) is 101 Å². The van der Waals surface area contributed by atoms with Gasteiger partial charge in [0, 0.05) is 5.92 Å². The molecule has 2 aliphatic carbocycles. The lowest BCUT2D eigenvalue weighted by Gasteiger charge is -2.18. The van der Waals surface area contributed by atoms with Gasteiger partial charge in [-0.3, -0.25) is 4.79 Å². The van der Waals surface area contributed by atoms with E-state index in [4.69, 9.17) is 0 Å². The number of hydrogen-bond donors (Lipinski definition) is 0. The van der Waals surface area contributed by atoms with Crippen LogP contribution in [0.3, 0.4) is 0 Å². The summed E-state index contributed by atoms with van der Waals surface area (Å²) in [6, 6.07) is 0. The lowest BCUT2D eigenvalue weighted by Crippen LogP contribution is -2.09. The van der Waals surface area contributed by atoms with Gasteiger partial charge in [-0.2, -0.15) is 0 Å². The average molecular weight is 359 g/mol. The van der Waals surface area contributed by atoms with E-state index in [1.54, 1.807) is 6.08 Å². The van der Waals surface area contributed by atoms with Crippen molar-refractivity contribution < 1.29 is 4.79 Å². The lowest BCUT2D eigenvalue weighted by molar-refractivity contribution is -0.111. The predicted octanol–water partition coefficient (Wildman–Crippen LogP) is 6.76. The average Bonchev–Trinajstić information content (AvgIpc) is 2.79. The van der Waals surface area contributed by atoms with Crippen molar-refractivity contribution in [3.05, 3.63) is 101 Å². The molecule has 0 aliphatic heterocycles. The Morgan fingerprint density at radius 3 is 2.63 bits per heavy atom. The van der Waals surface area contributed by atoms with Gasteiger partial charge in [0.2, 0.25) is 0 Å². The summed E-state index contributed by atoms with van der Waals surface area (Å²) in [5.74, 6) is 0.483. The molecule has 0 saturated heterocycles. The number of carbonyl (C=O) groups excluding carboxylic acids is 1. The fraction of sp³-hybridized carbons (Fsp3) is 0.308. The summed E-state index contributed by atoms with van der Waals surface area (Å²) in [6.07, 6.45) is 22.7. The number of rotatable bonds is 5. The summed E-state index contributed by atoms with van der Waals surface area (Å²) < 4.78 is 0. The van der Waals surface area contributed by atoms with Crippen molar-refractivity contribution in [3.8, 4) is 0 Å². The molecule has 0 spiro atoms. The minimum absolute atomic E-state index is 0.0432. The standard InChI is InChI=1S/C26H30O/c1-6-23(25-14-10-8-7-9-13-20(25)3)26(27)17-16-21(4)24-15-11-12-19(2)18-22(24)5/h9-18,21,24H,1,7-8H2,2-5H3/b13-9?,14-10?,17-16-,25-20?. The number of allylic oxidation sites excluding steroid dienone is 15. The molecule has 0 saturated carbocycles. The number of ketones is 1. The molecule has 0 N–H and O–H groups in total. The smallest absolute Gasteiger partial charge is 0.193 e. The van der Waals surface area contributed by atoms with E-state index >= 15 is 0 Å². The minimum Gasteiger partial charge on any atom is -0.289 e. The Labute approximate surface area is 164 Å². The highest BCUT2D eigenvalue weighted by atomic mass is 16.1. The Kier molecular flexibility index (Phi) is 7.58. The van der Waals surface area contributed by atoms with Crippen molar-refractivity contribution in [1.29, 1.82) is 0 Å². The van der Waals surface area contributed by atoms with E-state index in [2.05, 4.69) is 75.6 Å². The summed E-state index contributed by atoms with van der Waals surface area (Å²) >= 11 is 0. The summed E-state index contributed by atoms with van der Waals surface area (Å²) in [4.78, 5) is 12.8. The molecule has 27 heavy (non-hydrogen) atoms. The van der Waals surface area contributed by atoms with E-state index < -0.39 is 0 Å². The van der Waals surface area contributed by atoms with Crippen molar-refractivity contribution in [3.63, 3.8) is 0 Å². The normalized spacial score (nSPS) is 21.1. The van der Waals surface area contributed by atoms with Gasteiger partial charge in [0.05, 0.1) is 5.57 Å². The van der Waals surface area contributed by atoms with Crippen LogP contribution in [0.5, 0.6) is 0 Å². The molecule has 0 aromatic heterocycles. The van der Waals surface area contributed by atoms with Crippen molar-refractivity contribution in [2.75, 3.05) is 0 Å². The van der Waals surface area contributed by atoms with Crippen LogP contribution < -0.4 is 0 Å². The molecule has 2 atom stereocenters. The second-order valence-electron chi connectivity index (χ2n) is 7.32. The summed E-state index contributed by atoms with van der Waals surface area (Å²) in [5.41, 5.74) is 7.95. The summed E-state index contributed by atoms with van der Waals surface area (Å²) in [6.45, 7) is 12.2. The minimum atomic E-state index is -0.0432. The van der Waals surface area contributed by atoms with Crippen molar-refractivity contribution >= 4 is 5.78 Å². The number of carbonyl (C=O) groups is 1. The summed E-state index contributed by atoms with van der Waals surface area (Å²) in [7, 11) is 0. The molecule has 140 valence electrons. The van der Waals surface area contributed by atoms with Gasteiger partial charge in [0.15, 0.2) is 5.78 Å². The Bertz CT molecular complexity index is 843. The van der Waals surface area contributed by atoms with Gasteiger partial charge in [0.25, 0.3) is 0 Å². The molecule has 2 aliphatic rings. The monoisotopic (exact) mass is 358 g/mol. The van der Waals surface area contributed by atoms with Crippen molar-refractivity contribution in [1.82, 2.24) is 0 Å². The first kappa shape index (κ1) is 20.7. The second kappa shape index (κ2) is 9.90. The van der Waals surface area contributed by atoms with Crippen molar-refractivity contribution in [2.24, 2.45) is 11.8 Å². The van der Waals surface area contributed by atoms with Gasteiger partial charge in [-0.05, 0) is 56.8 Å². The van der Waals surface area contributed by atoms with E-state index in [1.807, 2.05) is 19.1 Å². The zero-order chi connectivity index (χ0) is 19.8. The van der Waals surface area contributed by atoms with Crippen LogP contribution in [0, 0.1) is 11.8 Å². The van der Waals surface area contributed by atoms with Gasteiger partial charge in [0.1, 0.15) is 0 Å². The maximum Gasteiger partial charge on any atom is 0.193 e. The fourth-order valence-corrected chi connectivity index (χ4v) is 3.48. The third kappa shape index (κ3) is 5.67. The van der Waals surface area contributed by atoms with Crippen LogP contribution in [0.1, 0.15) is 40.5 Å². The molecular formula is C26H30O. The molecule has 0 heterocycles. The molecule has 2 unspecified atom stereocenters. The molecule has 1 heteroatoms. The second-order valence-corrected chi connectivity index (χ2v) is 7.32. The lowest BCUT2D eigenvalue weighted by atomic mass is 9.86. The largest absolute Gasteiger partial charge is 0.289 e. The molecule has 0 bridgehead atoms. The maximum atomic E-state index is 12.8. The van der Waals surface area contributed by atoms with Gasteiger partial charge >= 0.3 is 0 Å². The van der Waals surface area contributed by atoms with Crippen LogP contribution >= 0.6 is 0 Å². The predicted molar refractivity (Wildman–Crippen MR) is 116 cm³/mol. The van der Waals surface area contributed by atoms with Gasteiger partial charge in [-0.25, -0.2) is 0 Å². The number of hydrogen-bond acceptors (Lipinski definition) is 1. The molecular weight excluding hydrogens is 328 g/mol. The zero-order valence-corrected chi connectivity index (χ0v) is 17.0. The van der Waals surface area contributed by atoms with Crippen LogP contribution in [0.25, 0.3) is 0 Å². The van der Waals surface area contributed by atoms with E-state index in [0.29, 0.717) is 11.5 Å². The van der Waals surface area contributed by atoms with E-state index in [1.165, 1.54) is 11.1 Å². The highest BCUT2D eigenvalue weighted by molar-refractivity contribution is 6.07. The van der Waals surface area contributed by atoms with Crippen LogP contribution in [-0.4, -0.2) is 5.78 Å². The topological polar surface area (TPSA) is 17.1 Å². The van der Waals surface area contributed by atoms with E-state index in [9.17, 15) is 4.79 Å². The molecule has 0 amide bonds. The van der Waals surface area contributed by atoms with Crippen molar-refractivity contribution in [2.45, 2.75) is 40.5 Å². The van der Waals surface area contributed by atoms with E-state index in [-0.39, 0.29) is 11.7 Å². The van der Waals surface area contributed by atoms with E-state index in [0.717, 1.165) is 24.0 Å². The first-order valence-electron chi connectivity index (χ1n) is 9.64. The molecule has 0 aromatic rings. The third-order valence-corrected chi connectivity index (χ3v) is 5.05. The highest BCUT2D eigenvalue weighted by Gasteiger charge is 2.17. The Morgan fingerprint density at radius 1 is 1.22 bits per heavy atom. The van der Waals surface area contributed by atoms with Crippen LogP contribution in [0.4, 0.5) is 0 Å². The Balaban J connectivity index is 2.21. The fourth-order valence-electron chi connectivity index (χ4n) is 3.48.